The normalized spacial score (nSPS) is 12.7. The highest BCUT2D eigenvalue weighted by Gasteiger charge is 2.41. The molecule has 0 atom stereocenters. The standard InChI is InChI=1S/C20H17Br3N2O2S/c21-20(22,23)28(26,27)25-24-19(16-10-4-1-5-11-16,17-12-6-2-7-13-17)18-14-8-3-9-15-18/h1-15,24-25H. The SMILES string of the molecule is O=S(=O)(NNC(c1ccccc1)(c1ccccc1)c1ccccc1)C(Br)(Br)Br. The van der Waals surface area contributed by atoms with Crippen molar-refractivity contribution in [2.45, 2.75) is 7.01 Å². The van der Waals surface area contributed by atoms with Gasteiger partial charge in [-0.15, -0.1) is 4.83 Å². The van der Waals surface area contributed by atoms with Gasteiger partial charge in [-0.3, -0.25) is 0 Å². The second-order valence-corrected chi connectivity index (χ2v) is 16.2. The van der Waals surface area contributed by atoms with Gasteiger partial charge >= 0.3 is 0 Å². The molecule has 0 heterocycles. The predicted octanol–water partition coefficient (Wildman–Crippen LogP) is 5.20. The first-order valence-corrected chi connectivity index (χ1v) is 12.2. The zero-order chi connectivity index (χ0) is 20.3. The van der Waals surface area contributed by atoms with E-state index in [9.17, 15) is 8.42 Å². The van der Waals surface area contributed by atoms with E-state index >= 15 is 0 Å². The van der Waals surface area contributed by atoms with Crippen LogP contribution in [0.2, 0.25) is 0 Å². The summed E-state index contributed by atoms with van der Waals surface area (Å²) in [6, 6.07) is 29.1. The Morgan fingerprint density at radius 1 is 0.607 bits per heavy atom. The Morgan fingerprint density at radius 2 is 0.929 bits per heavy atom. The van der Waals surface area contributed by atoms with Crippen LogP contribution in [0.1, 0.15) is 16.7 Å². The number of hydrazine groups is 1. The molecule has 0 amide bonds. The smallest absolute Gasteiger partial charge is 0.225 e. The van der Waals surface area contributed by atoms with Crippen molar-refractivity contribution in [2.75, 3.05) is 0 Å². The molecule has 0 aliphatic rings. The summed E-state index contributed by atoms with van der Waals surface area (Å²) >= 11 is 9.24. The highest BCUT2D eigenvalue weighted by molar-refractivity contribution is 9.42. The zero-order valence-corrected chi connectivity index (χ0v) is 20.1. The number of halogens is 3. The molecule has 0 aliphatic heterocycles. The van der Waals surface area contributed by atoms with Crippen molar-refractivity contribution in [2.24, 2.45) is 0 Å². The highest BCUT2D eigenvalue weighted by atomic mass is 80.0. The molecule has 0 saturated heterocycles. The molecule has 0 saturated carbocycles. The van der Waals surface area contributed by atoms with Crippen molar-refractivity contribution < 1.29 is 8.42 Å². The second-order valence-electron chi connectivity index (χ2n) is 6.02. The van der Waals surface area contributed by atoms with Crippen molar-refractivity contribution in [3.8, 4) is 0 Å². The summed E-state index contributed by atoms with van der Waals surface area (Å²) < 4.78 is 23.8. The average Bonchev–Trinajstić information content (AvgIpc) is 2.70. The minimum absolute atomic E-state index is 0.888. The summed E-state index contributed by atoms with van der Waals surface area (Å²) in [4.78, 5) is 2.52. The monoisotopic (exact) mass is 586 g/mol. The van der Waals surface area contributed by atoms with Gasteiger partial charge in [-0.2, -0.15) is 0 Å². The topological polar surface area (TPSA) is 58.2 Å². The molecule has 4 nitrogen and oxygen atoms in total. The van der Waals surface area contributed by atoms with E-state index in [0.29, 0.717) is 0 Å². The number of nitrogens with one attached hydrogen (secondary N) is 2. The number of rotatable bonds is 6. The fourth-order valence-electron chi connectivity index (χ4n) is 2.98. The zero-order valence-electron chi connectivity index (χ0n) is 14.5. The van der Waals surface area contributed by atoms with E-state index in [-0.39, 0.29) is 0 Å². The third-order valence-corrected chi connectivity index (χ3v) is 9.11. The maximum absolute atomic E-state index is 12.7. The molecule has 0 unspecified atom stereocenters. The van der Waals surface area contributed by atoms with Crippen molar-refractivity contribution in [3.63, 3.8) is 0 Å². The van der Waals surface area contributed by atoms with Crippen LogP contribution in [-0.2, 0) is 15.6 Å². The van der Waals surface area contributed by atoms with E-state index in [1.165, 1.54) is 0 Å². The van der Waals surface area contributed by atoms with Crippen LogP contribution in [-0.4, -0.2) is 9.89 Å². The summed E-state index contributed by atoms with van der Waals surface area (Å²) in [5, 5.41) is 0. The maximum Gasteiger partial charge on any atom is 0.260 e. The van der Waals surface area contributed by atoms with Crippen LogP contribution in [0.15, 0.2) is 91.0 Å². The van der Waals surface area contributed by atoms with Gasteiger partial charge in [0.2, 0.25) is 1.47 Å². The molecule has 146 valence electrons. The Balaban J connectivity index is 2.23. The van der Waals surface area contributed by atoms with Gasteiger partial charge in [0.05, 0.1) is 0 Å². The van der Waals surface area contributed by atoms with Gasteiger partial charge in [-0.05, 0) is 64.5 Å². The molecule has 3 aromatic rings. The van der Waals surface area contributed by atoms with E-state index in [1.807, 2.05) is 91.0 Å². The molecule has 0 radical (unpaired) electrons. The molecule has 3 rings (SSSR count). The predicted molar refractivity (Wildman–Crippen MR) is 124 cm³/mol. The molecule has 0 spiro atoms. The van der Waals surface area contributed by atoms with Gasteiger partial charge in [0.25, 0.3) is 10.0 Å². The lowest BCUT2D eigenvalue weighted by Crippen LogP contribution is -2.55. The van der Waals surface area contributed by atoms with E-state index < -0.39 is 17.0 Å². The number of hydrogen-bond acceptors (Lipinski definition) is 3. The first-order valence-electron chi connectivity index (χ1n) is 8.29. The maximum atomic E-state index is 12.7. The first-order chi connectivity index (χ1) is 13.3. The lowest BCUT2D eigenvalue weighted by Gasteiger charge is -2.37. The molecule has 0 aromatic heterocycles. The molecular formula is C20H17Br3N2O2S. The summed E-state index contributed by atoms with van der Waals surface area (Å²) in [7, 11) is -3.87. The van der Waals surface area contributed by atoms with Crippen LogP contribution in [0.4, 0.5) is 0 Å². The third-order valence-electron chi connectivity index (χ3n) is 4.30. The quantitative estimate of drug-likeness (QED) is 0.236. The van der Waals surface area contributed by atoms with Crippen molar-refractivity contribution in [1.82, 2.24) is 10.3 Å². The number of sulfonamides is 1. The summed E-state index contributed by atoms with van der Waals surface area (Å²) in [5.74, 6) is 0. The molecule has 28 heavy (non-hydrogen) atoms. The number of hydrogen-bond donors (Lipinski definition) is 2. The van der Waals surface area contributed by atoms with Crippen LogP contribution in [0.25, 0.3) is 0 Å². The number of alkyl halides is 3. The summed E-state index contributed by atoms with van der Waals surface area (Å²) in [5.41, 5.74) is 4.82. The molecular weight excluding hydrogens is 572 g/mol. The van der Waals surface area contributed by atoms with Crippen LogP contribution in [0.3, 0.4) is 0 Å². The minimum atomic E-state index is -3.87. The molecule has 2 N–H and O–H groups in total. The summed E-state index contributed by atoms with van der Waals surface area (Å²) in [6.07, 6.45) is 0. The molecule has 0 bridgehead atoms. The van der Waals surface area contributed by atoms with Crippen LogP contribution >= 0.6 is 47.8 Å². The van der Waals surface area contributed by atoms with Crippen LogP contribution < -0.4 is 10.3 Å². The van der Waals surface area contributed by atoms with Crippen molar-refractivity contribution >= 4 is 57.8 Å². The van der Waals surface area contributed by atoms with Gasteiger partial charge in [-0.1, -0.05) is 91.0 Å². The van der Waals surface area contributed by atoms with Crippen molar-refractivity contribution in [3.05, 3.63) is 108 Å². The Kier molecular flexibility index (Phi) is 6.79. The first kappa shape index (κ1) is 21.7. The Morgan fingerprint density at radius 3 is 1.21 bits per heavy atom. The largest absolute Gasteiger partial charge is 0.260 e. The van der Waals surface area contributed by atoms with E-state index in [0.717, 1.165) is 16.7 Å². The molecule has 3 aromatic carbocycles. The highest BCUT2D eigenvalue weighted by Crippen LogP contribution is 2.40. The van der Waals surface area contributed by atoms with Gasteiger partial charge in [0.15, 0.2) is 0 Å². The Bertz CT molecular complexity index is 913. The Labute approximate surface area is 190 Å². The number of benzene rings is 3. The third kappa shape index (κ3) is 4.42. The van der Waals surface area contributed by atoms with Gasteiger partial charge in [0, 0.05) is 0 Å². The van der Waals surface area contributed by atoms with Gasteiger partial charge in [0.1, 0.15) is 5.54 Å². The fraction of sp³-hybridized carbons (Fsp3) is 0.100. The summed E-state index contributed by atoms with van der Waals surface area (Å²) in [6.45, 7) is 0. The lowest BCUT2D eigenvalue weighted by molar-refractivity contribution is 0.442. The Hall–Kier alpha value is -1.03. The van der Waals surface area contributed by atoms with Gasteiger partial charge < -0.3 is 0 Å². The van der Waals surface area contributed by atoms with Crippen LogP contribution in [0.5, 0.6) is 0 Å². The minimum Gasteiger partial charge on any atom is -0.225 e. The van der Waals surface area contributed by atoms with Crippen LogP contribution in [0, 0.1) is 0 Å². The molecule has 8 heteroatoms. The van der Waals surface area contributed by atoms with E-state index in [2.05, 4.69) is 58.0 Å². The van der Waals surface area contributed by atoms with Crippen molar-refractivity contribution in [1.29, 1.82) is 0 Å². The van der Waals surface area contributed by atoms with E-state index in [4.69, 9.17) is 0 Å². The van der Waals surface area contributed by atoms with Gasteiger partial charge in [-0.25, -0.2) is 13.8 Å². The molecule has 0 aliphatic carbocycles. The fourth-order valence-corrected chi connectivity index (χ4v) is 4.11. The molecule has 0 fully saturated rings. The average molecular weight is 589 g/mol. The second kappa shape index (κ2) is 8.77. The lowest BCUT2D eigenvalue weighted by atomic mass is 9.77. The van der Waals surface area contributed by atoms with E-state index in [1.54, 1.807) is 0 Å².